The van der Waals surface area contributed by atoms with Crippen LogP contribution < -0.4 is 5.32 Å². The van der Waals surface area contributed by atoms with Gasteiger partial charge in [0.05, 0.1) is 10.7 Å². The molecule has 1 aromatic carbocycles. The van der Waals surface area contributed by atoms with Gasteiger partial charge in [-0.25, -0.2) is 4.98 Å². The Morgan fingerprint density at radius 1 is 1.26 bits per heavy atom. The first-order chi connectivity index (χ1) is 9.10. The Morgan fingerprint density at radius 2 is 1.95 bits per heavy atom. The average molecular weight is 339 g/mol. The van der Waals surface area contributed by atoms with Gasteiger partial charge in [-0.05, 0) is 38.1 Å². The summed E-state index contributed by atoms with van der Waals surface area (Å²) in [7, 11) is 0. The van der Waals surface area contributed by atoms with Crippen LogP contribution in [0.4, 0.5) is 0 Å². The van der Waals surface area contributed by atoms with E-state index in [-0.39, 0.29) is 0 Å². The number of aromatic nitrogens is 1. The maximum absolute atomic E-state index is 4.64. The first kappa shape index (κ1) is 14.7. The Morgan fingerprint density at radius 3 is 2.47 bits per heavy atom. The van der Waals surface area contributed by atoms with E-state index in [0.29, 0.717) is 6.04 Å². The van der Waals surface area contributed by atoms with Gasteiger partial charge in [-0.15, -0.1) is 11.3 Å². The van der Waals surface area contributed by atoms with Crippen LogP contribution >= 0.6 is 27.3 Å². The smallest absolute Gasteiger partial charge is 0.0949 e. The molecule has 1 N–H and O–H groups in total. The molecule has 0 amide bonds. The van der Waals surface area contributed by atoms with E-state index < -0.39 is 0 Å². The standard InChI is InChI=1S/C15H19BrN2S/c1-4-17-14(12-5-7-13(16)8-6-12)9-15-18-10(2)11(3)19-15/h5-8,14,17H,4,9H2,1-3H3. The van der Waals surface area contributed by atoms with E-state index in [9.17, 15) is 0 Å². The molecule has 0 aliphatic heterocycles. The van der Waals surface area contributed by atoms with Crippen molar-refractivity contribution >= 4 is 27.3 Å². The second-order valence-corrected chi connectivity index (χ2v) is 6.82. The van der Waals surface area contributed by atoms with Gasteiger partial charge in [0, 0.05) is 21.8 Å². The molecule has 0 aliphatic carbocycles. The van der Waals surface area contributed by atoms with Gasteiger partial charge in [-0.2, -0.15) is 0 Å². The van der Waals surface area contributed by atoms with Gasteiger partial charge in [-0.1, -0.05) is 35.0 Å². The number of thiazole rings is 1. The van der Waals surface area contributed by atoms with Gasteiger partial charge in [0.2, 0.25) is 0 Å². The van der Waals surface area contributed by atoms with Crippen molar-refractivity contribution < 1.29 is 0 Å². The van der Waals surface area contributed by atoms with Crippen LogP contribution in [-0.4, -0.2) is 11.5 Å². The summed E-state index contributed by atoms with van der Waals surface area (Å²) in [5, 5.41) is 4.76. The van der Waals surface area contributed by atoms with Gasteiger partial charge in [0.1, 0.15) is 0 Å². The molecule has 0 radical (unpaired) electrons. The summed E-state index contributed by atoms with van der Waals surface area (Å²) in [4.78, 5) is 5.97. The van der Waals surface area contributed by atoms with Crippen LogP contribution in [0.5, 0.6) is 0 Å². The normalized spacial score (nSPS) is 12.6. The predicted molar refractivity (Wildman–Crippen MR) is 85.9 cm³/mol. The number of benzene rings is 1. The maximum Gasteiger partial charge on any atom is 0.0949 e. The zero-order chi connectivity index (χ0) is 13.8. The quantitative estimate of drug-likeness (QED) is 0.872. The molecule has 1 aromatic heterocycles. The summed E-state index contributed by atoms with van der Waals surface area (Å²) < 4.78 is 1.12. The Hall–Kier alpha value is -0.710. The van der Waals surface area contributed by atoms with Crippen molar-refractivity contribution in [3.8, 4) is 0 Å². The minimum Gasteiger partial charge on any atom is -0.310 e. The summed E-state index contributed by atoms with van der Waals surface area (Å²) in [6.07, 6.45) is 0.953. The first-order valence-corrected chi connectivity index (χ1v) is 8.13. The summed E-state index contributed by atoms with van der Waals surface area (Å²) in [5.41, 5.74) is 2.47. The van der Waals surface area contributed by atoms with Crippen molar-refractivity contribution in [2.24, 2.45) is 0 Å². The number of rotatable bonds is 5. The molecule has 0 saturated carbocycles. The molecule has 0 bridgehead atoms. The highest BCUT2D eigenvalue weighted by Gasteiger charge is 2.14. The van der Waals surface area contributed by atoms with Crippen molar-refractivity contribution in [3.05, 3.63) is 49.9 Å². The van der Waals surface area contributed by atoms with Crippen molar-refractivity contribution in [2.75, 3.05) is 6.54 Å². The van der Waals surface area contributed by atoms with E-state index in [1.54, 1.807) is 11.3 Å². The highest BCUT2D eigenvalue weighted by atomic mass is 79.9. The maximum atomic E-state index is 4.64. The number of nitrogens with zero attached hydrogens (tertiary/aromatic N) is 1. The van der Waals surface area contributed by atoms with Crippen LogP contribution in [0.15, 0.2) is 28.7 Å². The summed E-state index contributed by atoms with van der Waals surface area (Å²) in [5.74, 6) is 0. The van der Waals surface area contributed by atoms with E-state index in [1.807, 2.05) is 0 Å². The molecule has 1 heterocycles. The van der Waals surface area contributed by atoms with Gasteiger partial charge in [0.25, 0.3) is 0 Å². The Balaban J connectivity index is 2.18. The van der Waals surface area contributed by atoms with Crippen LogP contribution in [0.3, 0.4) is 0 Å². The lowest BCUT2D eigenvalue weighted by Gasteiger charge is -2.17. The minimum atomic E-state index is 0.336. The Labute approximate surface area is 127 Å². The molecule has 0 fully saturated rings. The minimum absolute atomic E-state index is 0.336. The fraction of sp³-hybridized carbons (Fsp3) is 0.400. The van der Waals surface area contributed by atoms with Crippen LogP contribution in [0.1, 0.15) is 34.1 Å². The van der Waals surface area contributed by atoms with Crippen molar-refractivity contribution in [2.45, 2.75) is 33.2 Å². The number of likely N-dealkylation sites (N-methyl/N-ethyl adjacent to an activating group) is 1. The third-order valence-electron chi connectivity index (χ3n) is 3.17. The van der Waals surface area contributed by atoms with E-state index in [4.69, 9.17) is 0 Å². The molecular formula is C15H19BrN2S. The lowest BCUT2D eigenvalue weighted by atomic mass is 10.0. The zero-order valence-electron chi connectivity index (χ0n) is 11.5. The van der Waals surface area contributed by atoms with E-state index in [0.717, 1.165) is 23.1 Å². The number of aryl methyl sites for hydroxylation is 2. The van der Waals surface area contributed by atoms with Gasteiger partial charge in [0.15, 0.2) is 0 Å². The van der Waals surface area contributed by atoms with E-state index >= 15 is 0 Å². The lowest BCUT2D eigenvalue weighted by molar-refractivity contribution is 0.548. The van der Waals surface area contributed by atoms with Crippen LogP contribution in [0.2, 0.25) is 0 Å². The summed E-state index contributed by atoms with van der Waals surface area (Å²) in [6.45, 7) is 7.32. The molecule has 2 aromatic rings. The molecule has 2 nitrogen and oxygen atoms in total. The van der Waals surface area contributed by atoms with Crippen molar-refractivity contribution in [1.82, 2.24) is 10.3 Å². The van der Waals surface area contributed by atoms with Crippen LogP contribution in [-0.2, 0) is 6.42 Å². The molecule has 1 unspecified atom stereocenters. The van der Waals surface area contributed by atoms with Crippen molar-refractivity contribution in [3.63, 3.8) is 0 Å². The second-order valence-electron chi connectivity index (χ2n) is 4.62. The summed E-state index contributed by atoms with van der Waals surface area (Å²) >= 11 is 5.29. The van der Waals surface area contributed by atoms with E-state index in [2.05, 4.69) is 71.3 Å². The number of hydrogen-bond donors (Lipinski definition) is 1. The Kier molecular flexibility index (Phi) is 5.13. The fourth-order valence-corrected chi connectivity index (χ4v) is 3.29. The van der Waals surface area contributed by atoms with E-state index in [1.165, 1.54) is 15.4 Å². The monoisotopic (exact) mass is 338 g/mol. The summed E-state index contributed by atoms with van der Waals surface area (Å²) in [6, 6.07) is 8.87. The molecule has 0 saturated heterocycles. The van der Waals surface area contributed by atoms with Gasteiger partial charge < -0.3 is 5.32 Å². The molecular weight excluding hydrogens is 320 g/mol. The first-order valence-electron chi connectivity index (χ1n) is 6.52. The zero-order valence-corrected chi connectivity index (χ0v) is 13.9. The predicted octanol–water partition coefficient (Wildman–Crippen LogP) is 4.42. The van der Waals surface area contributed by atoms with Crippen LogP contribution in [0, 0.1) is 13.8 Å². The largest absolute Gasteiger partial charge is 0.310 e. The fourth-order valence-electron chi connectivity index (χ4n) is 2.05. The SMILES string of the molecule is CCNC(Cc1nc(C)c(C)s1)c1ccc(Br)cc1. The molecule has 102 valence electrons. The highest BCUT2D eigenvalue weighted by molar-refractivity contribution is 9.10. The third-order valence-corrected chi connectivity index (χ3v) is 4.80. The number of halogens is 1. The molecule has 0 spiro atoms. The lowest BCUT2D eigenvalue weighted by Crippen LogP contribution is -2.22. The van der Waals surface area contributed by atoms with Gasteiger partial charge >= 0.3 is 0 Å². The number of nitrogens with one attached hydrogen (secondary N) is 1. The van der Waals surface area contributed by atoms with Crippen LogP contribution in [0.25, 0.3) is 0 Å². The highest BCUT2D eigenvalue weighted by Crippen LogP contribution is 2.24. The topological polar surface area (TPSA) is 24.9 Å². The molecule has 0 aliphatic rings. The third kappa shape index (κ3) is 3.88. The van der Waals surface area contributed by atoms with Crippen molar-refractivity contribution in [1.29, 1.82) is 0 Å². The average Bonchev–Trinajstić information content (AvgIpc) is 2.69. The molecule has 4 heteroatoms. The molecule has 1 atom stereocenters. The molecule has 19 heavy (non-hydrogen) atoms. The van der Waals surface area contributed by atoms with Gasteiger partial charge in [-0.3, -0.25) is 0 Å². The Bertz CT molecular complexity index is 514. The second kappa shape index (κ2) is 6.64. The molecule has 2 rings (SSSR count). The number of hydrogen-bond acceptors (Lipinski definition) is 3.